The molecule has 0 atom stereocenters. The standard InChI is InChI=1S/C10H11NOS/c11-4-5-12-9-2-1-8-3-6-13-10(8)7-9/h1-3,6-7H,4-5,11H2. The number of benzene rings is 1. The van der Waals surface area contributed by atoms with Crippen LogP contribution in [-0.4, -0.2) is 13.2 Å². The van der Waals surface area contributed by atoms with E-state index in [0.717, 1.165) is 5.75 Å². The van der Waals surface area contributed by atoms with Crippen LogP contribution in [0.15, 0.2) is 29.6 Å². The summed E-state index contributed by atoms with van der Waals surface area (Å²) in [5.74, 6) is 0.903. The first-order valence-corrected chi connectivity index (χ1v) is 5.08. The van der Waals surface area contributed by atoms with Crippen molar-refractivity contribution >= 4 is 21.4 Å². The van der Waals surface area contributed by atoms with Crippen molar-refractivity contribution in [3.63, 3.8) is 0 Å². The molecule has 68 valence electrons. The van der Waals surface area contributed by atoms with Crippen LogP contribution in [0.25, 0.3) is 10.1 Å². The molecule has 0 aliphatic carbocycles. The average Bonchev–Trinajstić information content (AvgIpc) is 2.61. The molecule has 0 aliphatic heterocycles. The van der Waals surface area contributed by atoms with E-state index in [1.165, 1.54) is 10.1 Å². The van der Waals surface area contributed by atoms with Crippen molar-refractivity contribution in [2.45, 2.75) is 0 Å². The summed E-state index contributed by atoms with van der Waals surface area (Å²) in [5.41, 5.74) is 5.35. The predicted molar refractivity (Wildman–Crippen MR) is 56.4 cm³/mol. The summed E-state index contributed by atoms with van der Waals surface area (Å²) in [4.78, 5) is 0. The van der Waals surface area contributed by atoms with Crippen LogP contribution in [0, 0.1) is 0 Å². The minimum Gasteiger partial charge on any atom is -0.492 e. The molecule has 1 aromatic heterocycles. The second-order valence-electron chi connectivity index (χ2n) is 2.76. The Balaban J connectivity index is 2.26. The van der Waals surface area contributed by atoms with Gasteiger partial charge in [0.25, 0.3) is 0 Å². The first-order chi connectivity index (χ1) is 6.40. The molecule has 2 rings (SSSR count). The van der Waals surface area contributed by atoms with E-state index in [2.05, 4.69) is 23.6 Å². The maximum Gasteiger partial charge on any atom is 0.120 e. The molecule has 0 unspecified atom stereocenters. The Hall–Kier alpha value is -1.06. The summed E-state index contributed by atoms with van der Waals surface area (Å²) in [5, 5.41) is 3.35. The molecule has 2 N–H and O–H groups in total. The van der Waals surface area contributed by atoms with Gasteiger partial charge >= 0.3 is 0 Å². The van der Waals surface area contributed by atoms with Gasteiger partial charge < -0.3 is 10.5 Å². The van der Waals surface area contributed by atoms with Gasteiger partial charge in [0, 0.05) is 11.2 Å². The highest BCUT2D eigenvalue weighted by molar-refractivity contribution is 7.17. The molecule has 0 amide bonds. The van der Waals surface area contributed by atoms with Gasteiger partial charge in [0.05, 0.1) is 0 Å². The molecule has 0 fully saturated rings. The van der Waals surface area contributed by atoms with Crippen LogP contribution in [0.3, 0.4) is 0 Å². The molecular weight excluding hydrogens is 182 g/mol. The van der Waals surface area contributed by atoms with Gasteiger partial charge in [-0.2, -0.15) is 0 Å². The Morgan fingerprint density at radius 1 is 1.31 bits per heavy atom. The third-order valence-corrected chi connectivity index (χ3v) is 2.69. The van der Waals surface area contributed by atoms with Crippen LogP contribution in [0.4, 0.5) is 0 Å². The van der Waals surface area contributed by atoms with Crippen molar-refractivity contribution in [3.8, 4) is 5.75 Å². The van der Waals surface area contributed by atoms with Gasteiger partial charge in [0.1, 0.15) is 12.4 Å². The lowest BCUT2D eigenvalue weighted by atomic mass is 10.2. The molecule has 1 aromatic carbocycles. The minimum atomic E-state index is 0.558. The van der Waals surface area contributed by atoms with Crippen molar-refractivity contribution in [1.82, 2.24) is 0 Å². The van der Waals surface area contributed by atoms with E-state index in [-0.39, 0.29) is 0 Å². The Morgan fingerprint density at radius 3 is 3.08 bits per heavy atom. The molecule has 3 heteroatoms. The third-order valence-electron chi connectivity index (χ3n) is 1.81. The van der Waals surface area contributed by atoms with Crippen molar-refractivity contribution < 1.29 is 4.74 Å². The van der Waals surface area contributed by atoms with Crippen molar-refractivity contribution in [3.05, 3.63) is 29.6 Å². The van der Waals surface area contributed by atoms with E-state index in [1.807, 2.05) is 6.07 Å². The SMILES string of the molecule is NCCOc1ccc2ccsc2c1. The number of thiophene rings is 1. The minimum absolute atomic E-state index is 0.558. The average molecular weight is 193 g/mol. The summed E-state index contributed by atoms with van der Waals surface area (Å²) in [6, 6.07) is 8.20. The van der Waals surface area contributed by atoms with Crippen LogP contribution < -0.4 is 10.5 Å². The van der Waals surface area contributed by atoms with Gasteiger partial charge in [-0.25, -0.2) is 0 Å². The molecule has 0 radical (unpaired) electrons. The molecule has 0 spiro atoms. The maximum absolute atomic E-state index is 5.41. The smallest absolute Gasteiger partial charge is 0.120 e. The fourth-order valence-corrected chi connectivity index (χ4v) is 2.02. The van der Waals surface area contributed by atoms with Crippen LogP contribution in [-0.2, 0) is 0 Å². The lowest BCUT2D eigenvalue weighted by Gasteiger charge is -2.03. The largest absolute Gasteiger partial charge is 0.492 e. The van der Waals surface area contributed by atoms with E-state index < -0.39 is 0 Å². The van der Waals surface area contributed by atoms with E-state index in [0.29, 0.717) is 13.2 Å². The Kier molecular flexibility index (Phi) is 2.47. The molecule has 2 aromatic rings. The molecule has 0 bridgehead atoms. The normalized spacial score (nSPS) is 10.5. The number of nitrogens with two attached hydrogens (primary N) is 1. The van der Waals surface area contributed by atoms with Crippen LogP contribution in [0.1, 0.15) is 0 Å². The second kappa shape index (κ2) is 3.77. The second-order valence-corrected chi connectivity index (χ2v) is 3.71. The highest BCUT2D eigenvalue weighted by Gasteiger charge is 1.97. The Morgan fingerprint density at radius 2 is 2.23 bits per heavy atom. The number of hydrogen-bond acceptors (Lipinski definition) is 3. The zero-order valence-corrected chi connectivity index (χ0v) is 8.01. The van der Waals surface area contributed by atoms with E-state index in [9.17, 15) is 0 Å². The van der Waals surface area contributed by atoms with E-state index >= 15 is 0 Å². The highest BCUT2D eigenvalue weighted by atomic mass is 32.1. The van der Waals surface area contributed by atoms with Crippen LogP contribution >= 0.6 is 11.3 Å². The molecule has 0 aliphatic rings. The first-order valence-electron chi connectivity index (χ1n) is 4.20. The Bertz CT molecular complexity index is 396. The van der Waals surface area contributed by atoms with Gasteiger partial charge in [-0.1, -0.05) is 0 Å². The molecular formula is C10H11NOS. The van der Waals surface area contributed by atoms with Gasteiger partial charge in [-0.3, -0.25) is 0 Å². The first kappa shape index (κ1) is 8.53. The molecule has 0 saturated heterocycles. The summed E-state index contributed by atoms with van der Waals surface area (Å²) in [7, 11) is 0. The number of rotatable bonds is 3. The van der Waals surface area contributed by atoms with Crippen molar-refractivity contribution in [2.75, 3.05) is 13.2 Å². The summed E-state index contributed by atoms with van der Waals surface area (Å²) < 4.78 is 6.67. The summed E-state index contributed by atoms with van der Waals surface area (Å²) >= 11 is 1.72. The monoisotopic (exact) mass is 193 g/mol. The molecule has 0 saturated carbocycles. The maximum atomic E-state index is 5.41. The zero-order chi connectivity index (χ0) is 9.10. The lowest BCUT2D eigenvalue weighted by molar-refractivity contribution is 0.329. The summed E-state index contributed by atoms with van der Waals surface area (Å²) in [6.45, 7) is 1.14. The third kappa shape index (κ3) is 1.82. The zero-order valence-electron chi connectivity index (χ0n) is 7.19. The topological polar surface area (TPSA) is 35.2 Å². The number of fused-ring (bicyclic) bond motifs is 1. The number of ether oxygens (including phenoxy) is 1. The molecule has 1 heterocycles. The van der Waals surface area contributed by atoms with Crippen LogP contribution in [0.2, 0.25) is 0 Å². The van der Waals surface area contributed by atoms with Gasteiger partial charge in [-0.15, -0.1) is 11.3 Å². The lowest BCUT2D eigenvalue weighted by Crippen LogP contribution is -2.10. The van der Waals surface area contributed by atoms with E-state index in [1.54, 1.807) is 11.3 Å². The molecule has 13 heavy (non-hydrogen) atoms. The Labute approximate surface area is 80.9 Å². The molecule has 2 nitrogen and oxygen atoms in total. The number of hydrogen-bond donors (Lipinski definition) is 1. The summed E-state index contributed by atoms with van der Waals surface area (Å²) in [6.07, 6.45) is 0. The fraction of sp³-hybridized carbons (Fsp3) is 0.200. The van der Waals surface area contributed by atoms with Crippen LogP contribution in [0.5, 0.6) is 5.75 Å². The van der Waals surface area contributed by atoms with Gasteiger partial charge in [0.2, 0.25) is 0 Å². The van der Waals surface area contributed by atoms with Crippen molar-refractivity contribution in [2.24, 2.45) is 5.73 Å². The quantitative estimate of drug-likeness (QED) is 0.811. The van der Waals surface area contributed by atoms with Crippen molar-refractivity contribution in [1.29, 1.82) is 0 Å². The van der Waals surface area contributed by atoms with E-state index in [4.69, 9.17) is 10.5 Å². The highest BCUT2D eigenvalue weighted by Crippen LogP contribution is 2.25. The predicted octanol–water partition coefficient (Wildman–Crippen LogP) is 2.24. The fourth-order valence-electron chi connectivity index (χ4n) is 1.20. The van der Waals surface area contributed by atoms with Gasteiger partial charge in [0.15, 0.2) is 0 Å². The van der Waals surface area contributed by atoms with Gasteiger partial charge in [-0.05, 0) is 35.0 Å².